The SMILES string of the molecule is Cc1cccc(-c2cccc3c2-c2[nH]c(-c4c(C)cccc4C)c[n+]2C3)c1. The molecule has 0 radical (unpaired) electrons. The molecule has 0 spiro atoms. The van der Waals surface area contributed by atoms with Crippen LogP contribution in [0.4, 0.5) is 0 Å². The molecule has 1 N–H and O–H groups in total. The number of hydrogen-bond acceptors (Lipinski definition) is 0. The summed E-state index contributed by atoms with van der Waals surface area (Å²) in [5.41, 5.74) is 11.7. The molecule has 2 heterocycles. The Kier molecular flexibility index (Phi) is 3.54. The molecule has 0 bridgehead atoms. The van der Waals surface area contributed by atoms with Crippen LogP contribution in [0.25, 0.3) is 33.8 Å². The Bertz CT molecular complexity index is 1160. The maximum Gasteiger partial charge on any atom is 0.288 e. The summed E-state index contributed by atoms with van der Waals surface area (Å²) in [5.74, 6) is 1.21. The van der Waals surface area contributed by atoms with E-state index in [0.717, 1.165) is 6.54 Å². The molecule has 0 unspecified atom stereocenters. The van der Waals surface area contributed by atoms with Gasteiger partial charge in [-0.15, -0.1) is 0 Å². The molecule has 0 amide bonds. The highest BCUT2D eigenvalue weighted by atomic mass is 15.1. The fourth-order valence-electron chi connectivity index (χ4n) is 4.40. The van der Waals surface area contributed by atoms with Crippen molar-refractivity contribution in [2.75, 3.05) is 0 Å². The molecule has 1 aliphatic heterocycles. The Hall–Kier alpha value is -3.13. The lowest BCUT2D eigenvalue weighted by Crippen LogP contribution is -2.29. The number of aromatic nitrogens is 2. The van der Waals surface area contributed by atoms with Crippen LogP contribution in [0.5, 0.6) is 0 Å². The van der Waals surface area contributed by atoms with Crippen molar-refractivity contribution in [3.05, 3.63) is 89.1 Å². The Labute approximate surface area is 160 Å². The number of benzene rings is 3. The molecule has 0 aliphatic carbocycles. The van der Waals surface area contributed by atoms with Gasteiger partial charge in [-0.3, -0.25) is 0 Å². The maximum absolute atomic E-state index is 3.74. The van der Waals surface area contributed by atoms with Crippen LogP contribution in [0, 0.1) is 20.8 Å². The van der Waals surface area contributed by atoms with Gasteiger partial charge in [-0.2, -0.15) is 0 Å². The molecule has 1 aromatic heterocycles. The number of imidazole rings is 1. The molecular weight excluding hydrogens is 328 g/mol. The van der Waals surface area contributed by atoms with Gasteiger partial charge in [0.1, 0.15) is 12.7 Å². The zero-order valence-electron chi connectivity index (χ0n) is 16.0. The maximum atomic E-state index is 3.74. The second-order valence-corrected chi connectivity index (χ2v) is 7.62. The van der Waals surface area contributed by atoms with E-state index >= 15 is 0 Å². The molecule has 132 valence electrons. The minimum atomic E-state index is 0.922. The Morgan fingerprint density at radius 2 is 1.56 bits per heavy atom. The molecule has 0 fully saturated rings. The fraction of sp³-hybridized carbons (Fsp3) is 0.160. The van der Waals surface area contributed by atoms with Crippen LogP contribution in [0.3, 0.4) is 0 Å². The van der Waals surface area contributed by atoms with Crippen LogP contribution in [0.15, 0.2) is 66.9 Å². The topological polar surface area (TPSA) is 19.7 Å². The first-order chi connectivity index (χ1) is 13.1. The number of nitrogens with zero attached hydrogens (tertiary/aromatic N) is 1. The lowest BCUT2D eigenvalue weighted by atomic mass is 9.95. The summed E-state index contributed by atoms with van der Waals surface area (Å²) in [6.45, 7) is 7.45. The van der Waals surface area contributed by atoms with Gasteiger partial charge in [-0.1, -0.05) is 66.2 Å². The molecular formula is C25H23N2+. The first-order valence-electron chi connectivity index (χ1n) is 9.50. The molecule has 27 heavy (non-hydrogen) atoms. The number of fused-ring (bicyclic) bond motifs is 3. The highest BCUT2D eigenvalue weighted by Crippen LogP contribution is 2.38. The van der Waals surface area contributed by atoms with E-state index in [1.165, 1.54) is 56.0 Å². The first kappa shape index (κ1) is 16.1. The van der Waals surface area contributed by atoms with Gasteiger partial charge in [0.15, 0.2) is 5.69 Å². The number of rotatable bonds is 2. The van der Waals surface area contributed by atoms with Gasteiger partial charge < -0.3 is 0 Å². The van der Waals surface area contributed by atoms with Crippen molar-refractivity contribution in [3.8, 4) is 33.8 Å². The molecule has 2 heteroatoms. The predicted molar refractivity (Wildman–Crippen MR) is 111 cm³/mol. The van der Waals surface area contributed by atoms with Gasteiger partial charge in [0.05, 0.1) is 5.56 Å². The summed E-state index contributed by atoms with van der Waals surface area (Å²) in [6, 6.07) is 21.9. The third-order valence-electron chi connectivity index (χ3n) is 5.63. The fourth-order valence-corrected chi connectivity index (χ4v) is 4.40. The molecule has 2 nitrogen and oxygen atoms in total. The van der Waals surface area contributed by atoms with Crippen LogP contribution in [-0.4, -0.2) is 4.98 Å². The van der Waals surface area contributed by atoms with Crippen LogP contribution in [-0.2, 0) is 6.54 Å². The molecule has 4 aromatic rings. The molecule has 0 saturated heterocycles. The summed E-state index contributed by atoms with van der Waals surface area (Å²) in [7, 11) is 0. The number of aryl methyl sites for hydroxylation is 3. The van der Waals surface area contributed by atoms with Crippen molar-refractivity contribution in [3.63, 3.8) is 0 Å². The highest BCUT2D eigenvalue weighted by molar-refractivity contribution is 5.84. The van der Waals surface area contributed by atoms with E-state index in [4.69, 9.17) is 0 Å². The third kappa shape index (κ3) is 2.52. The van der Waals surface area contributed by atoms with Crippen molar-refractivity contribution in [2.45, 2.75) is 27.3 Å². The summed E-state index contributed by atoms with van der Waals surface area (Å²) in [5, 5.41) is 0. The Morgan fingerprint density at radius 1 is 0.815 bits per heavy atom. The van der Waals surface area contributed by atoms with Crippen LogP contribution in [0.1, 0.15) is 22.3 Å². The molecule has 5 rings (SSSR count). The Balaban J connectivity index is 1.70. The van der Waals surface area contributed by atoms with Crippen LogP contribution in [0.2, 0.25) is 0 Å². The lowest BCUT2D eigenvalue weighted by molar-refractivity contribution is -0.670. The predicted octanol–water partition coefficient (Wildman–Crippen LogP) is 5.59. The van der Waals surface area contributed by atoms with E-state index in [-0.39, 0.29) is 0 Å². The monoisotopic (exact) mass is 351 g/mol. The normalized spacial score (nSPS) is 12.1. The average Bonchev–Trinajstić information content (AvgIpc) is 3.19. The van der Waals surface area contributed by atoms with Gasteiger partial charge in [-0.25, -0.2) is 9.55 Å². The highest BCUT2D eigenvalue weighted by Gasteiger charge is 2.31. The zero-order valence-corrected chi connectivity index (χ0v) is 16.0. The summed E-state index contributed by atoms with van der Waals surface area (Å²) >= 11 is 0. The van der Waals surface area contributed by atoms with E-state index in [2.05, 4.69) is 97.2 Å². The van der Waals surface area contributed by atoms with Crippen molar-refractivity contribution in [1.29, 1.82) is 0 Å². The van der Waals surface area contributed by atoms with Gasteiger partial charge in [0.2, 0.25) is 0 Å². The number of nitrogens with one attached hydrogen (secondary N) is 1. The smallest absolute Gasteiger partial charge is 0.236 e. The van der Waals surface area contributed by atoms with E-state index in [9.17, 15) is 0 Å². The minimum Gasteiger partial charge on any atom is -0.236 e. The Morgan fingerprint density at radius 3 is 2.33 bits per heavy atom. The zero-order chi connectivity index (χ0) is 18.5. The van der Waals surface area contributed by atoms with Gasteiger partial charge in [0.25, 0.3) is 5.82 Å². The quantitative estimate of drug-likeness (QED) is 0.400. The second-order valence-electron chi connectivity index (χ2n) is 7.62. The number of H-pyrrole nitrogens is 1. The number of hydrogen-bond donors (Lipinski definition) is 1. The van der Waals surface area contributed by atoms with Gasteiger partial charge in [-0.05, 0) is 43.0 Å². The van der Waals surface area contributed by atoms with E-state index < -0.39 is 0 Å². The van der Waals surface area contributed by atoms with Crippen LogP contribution < -0.4 is 4.57 Å². The third-order valence-corrected chi connectivity index (χ3v) is 5.63. The van der Waals surface area contributed by atoms with Crippen molar-refractivity contribution in [2.24, 2.45) is 0 Å². The van der Waals surface area contributed by atoms with Gasteiger partial charge >= 0.3 is 0 Å². The molecule has 3 aromatic carbocycles. The molecule has 0 saturated carbocycles. The summed E-state index contributed by atoms with van der Waals surface area (Å²) < 4.78 is 2.35. The lowest BCUT2D eigenvalue weighted by Gasteiger charge is -2.07. The summed E-state index contributed by atoms with van der Waals surface area (Å²) in [4.78, 5) is 3.74. The standard InChI is InChI=1S/C25H22N2/c1-16-7-4-10-19(13-16)21-12-6-11-20-14-27-15-22(26-25(27)24(20)21)23-17(2)8-5-9-18(23)3/h4-13,15H,14H2,1-3H3/p+1. The van der Waals surface area contributed by atoms with Gasteiger partial charge in [0, 0.05) is 11.1 Å². The van der Waals surface area contributed by atoms with Crippen molar-refractivity contribution in [1.82, 2.24) is 4.98 Å². The van der Waals surface area contributed by atoms with E-state index in [0.29, 0.717) is 0 Å². The minimum absolute atomic E-state index is 0.922. The van der Waals surface area contributed by atoms with E-state index in [1.807, 2.05) is 0 Å². The van der Waals surface area contributed by atoms with Crippen molar-refractivity contribution < 1.29 is 4.57 Å². The molecule has 1 aliphatic rings. The van der Waals surface area contributed by atoms with Crippen LogP contribution >= 0.6 is 0 Å². The largest absolute Gasteiger partial charge is 0.288 e. The average molecular weight is 351 g/mol. The first-order valence-corrected chi connectivity index (χ1v) is 9.50. The number of aromatic amines is 1. The second kappa shape index (κ2) is 5.95. The van der Waals surface area contributed by atoms with Crippen molar-refractivity contribution >= 4 is 0 Å². The summed E-state index contributed by atoms with van der Waals surface area (Å²) in [6.07, 6.45) is 2.27. The van der Waals surface area contributed by atoms with E-state index in [1.54, 1.807) is 0 Å². The molecule has 0 atom stereocenters.